The van der Waals surface area contributed by atoms with Gasteiger partial charge in [0.25, 0.3) is 0 Å². The summed E-state index contributed by atoms with van der Waals surface area (Å²) in [5.41, 5.74) is 7.56. The predicted octanol–water partition coefficient (Wildman–Crippen LogP) is 5.35. The number of Topliss-reactive ketones (excluding diaryl/α,β-unsaturated/α-hetero) is 1. The van der Waals surface area contributed by atoms with E-state index < -0.39 is 0 Å². The Morgan fingerprint density at radius 1 is 0.972 bits per heavy atom. The molecule has 36 heavy (non-hydrogen) atoms. The van der Waals surface area contributed by atoms with Crippen LogP contribution in [0.1, 0.15) is 91.4 Å². The molecule has 1 amide bonds. The first-order chi connectivity index (χ1) is 17.4. The zero-order valence-electron chi connectivity index (χ0n) is 22.3. The second-order valence-electron chi connectivity index (χ2n) is 11.4. The molecule has 2 atom stereocenters. The number of ketones is 1. The molecule has 0 N–H and O–H groups in total. The van der Waals surface area contributed by atoms with E-state index in [9.17, 15) is 9.59 Å². The highest BCUT2D eigenvalue weighted by Gasteiger charge is 2.39. The number of benzene rings is 1. The van der Waals surface area contributed by atoms with Crippen LogP contribution in [0.5, 0.6) is 0 Å². The summed E-state index contributed by atoms with van der Waals surface area (Å²) in [4.78, 5) is 35.4. The Labute approximate surface area is 216 Å². The van der Waals surface area contributed by atoms with Crippen LogP contribution in [-0.4, -0.2) is 52.2 Å². The molecule has 3 aliphatic rings. The molecule has 0 bridgehead atoms. The summed E-state index contributed by atoms with van der Waals surface area (Å²) in [5.74, 6) is 0.920. The molecular weight excluding hydrogens is 446 g/mol. The monoisotopic (exact) mass is 487 g/mol. The third kappa shape index (κ3) is 5.27. The molecule has 5 rings (SSSR count). The number of rotatable bonds is 5. The summed E-state index contributed by atoms with van der Waals surface area (Å²) in [5, 5.41) is 0. The Kier molecular flexibility index (Phi) is 7.57. The van der Waals surface area contributed by atoms with E-state index in [2.05, 4.69) is 43.0 Å². The van der Waals surface area contributed by atoms with Crippen molar-refractivity contribution >= 4 is 11.7 Å². The van der Waals surface area contributed by atoms with Crippen molar-refractivity contribution in [1.29, 1.82) is 0 Å². The zero-order valence-corrected chi connectivity index (χ0v) is 22.3. The first-order valence-corrected chi connectivity index (χ1v) is 14.0. The molecule has 0 radical (unpaired) electrons. The van der Waals surface area contributed by atoms with E-state index in [1.165, 1.54) is 59.9 Å². The smallest absolute Gasteiger partial charge is 0.223 e. The van der Waals surface area contributed by atoms with Crippen molar-refractivity contribution in [3.8, 4) is 0 Å². The van der Waals surface area contributed by atoms with Crippen LogP contribution in [0, 0.1) is 19.8 Å². The lowest BCUT2D eigenvalue weighted by atomic mass is 9.86. The maximum atomic E-state index is 13.3. The van der Waals surface area contributed by atoms with Crippen molar-refractivity contribution in [1.82, 2.24) is 14.8 Å². The largest absolute Gasteiger partial charge is 0.330 e. The molecule has 2 aliphatic carbocycles. The minimum Gasteiger partial charge on any atom is -0.330 e. The quantitative estimate of drug-likeness (QED) is 0.571. The van der Waals surface area contributed by atoms with Crippen molar-refractivity contribution in [3.05, 3.63) is 64.0 Å². The Hall–Kier alpha value is -2.53. The highest BCUT2D eigenvalue weighted by molar-refractivity contribution is 5.88. The van der Waals surface area contributed by atoms with Gasteiger partial charge in [0.15, 0.2) is 5.78 Å². The second-order valence-corrected chi connectivity index (χ2v) is 11.4. The standard InChI is InChI=1S/C31H41N3O2/c1-21-9-13-27-25(17-21)11-12-26-18-22(2)19-32-30(26)31(27)33-15-16-34(28(20-33)23(3)35)29(36)14-10-24-7-5-4-6-8-24/h9,13,17-19,24,28,31H,4-8,10-12,14-16,20H2,1-3H3. The van der Waals surface area contributed by atoms with Gasteiger partial charge in [0.2, 0.25) is 5.91 Å². The number of piperazine rings is 1. The molecule has 1 saturated heterocycles. The molecule has 2 aromatic rings. The van der Waals surface area contributed by atoms with Crippen molar-refractivity contribution < 1.29 is 9.59 Å². The molecule has 1 aliphatic heterocycles. The number of fused-ring (bicyclic) bond motifs is 2. The van der Waals surface area contributed by atoms with Gasteiger partial charge < -0.3 is 4.90 Å². The van der Waals surface area contributed by atoms with Crippen molar-refractivity contribution in [2.45, 2.75) is 90.6 Å². The molecule has 5 nitrogen and oxygen atoms in total. The predicted molar refractivity (Wildman–Crippen MR) is 143 cm³/mol. The number of aromatic nitrogens is 1. The highest BCUT2D eigenvalue weighted by atomic mass is 16.2. The Balaban J connectivity index is 1.39. The highest BCUT2D eigenvalue weighted by Crippen LogP contribution is 2.38. The minimum absolute atomic E-state index is 0.0139. The average molecular weight is 488 g/mol. The number of hydrogen-bond donors (Lipinski definition) is 0. The number of nitrogens with zero attached hydrogens (tertiary/aromatic N) is 3. The molecule has 1 aromatic carbocycles. The van der Waals surface area contributed by atoms with Crippen molar-refractivity contribution in [2.24, 2.45) is 5.92 Å². The fraction of sp³-hybridized carbons (Fsp3) is 0.581. The van der Waals surface area contributed by atoms with Gasteiger partial charge in [-0.05, 0) is 68.2 Å². The van der Waals surface area contributed by atoms with Gasteiger partial charge in [-0.2, -0.15) is 0 Å². The molecule has 2 unspecified atom stereocenters. The van der Waals surface area contributed by atoms with Gasteiger partial charge in [-0.1, -0.05) is 61.9 Å². The second kappa shape index (κ2) is 10.8. The van der Waals surface area contributed by atoms with Gasteiger partial charge in [0, 0.05) is 32.3 Å². The molecule has 1 saturated carbocycles. The lowest BCUT2D eigenvalue weighted by molar-refractivity contribution is -0.143. The maximum absolute atomic E-state index is 13.3. The van der Waals surface area contributed by atoms with Crippen LogP contribution < -0.4 is 0 Å². The van der Waals surface area contributed by atoms with E-state index >= 15 is 0 Å². The van der Waals surface area contributed by atoms with E-state index in [4.69, 9.17) is 4.98 Å². The number of carbonyl (C=O) groups is 2. The van der Waals surface area contributed by atoms with E-state index in [1.807, 2.05) is 11.1 Å². The fourth-order valence-corrected chi connectivity index (χ4v) is 6.72. The van der Waals surface area contributed by atoms with Gasteiger partial charge in [-0.15, -0.1) is 0 Å². The number of carbonyl (C=O) groups excluding carboxylic acids is 2. The minimum atomic E-state index is -0.386. The molecule has 5 heteroatoms. The molecule has 2 fully saturated rings. The molecule has 1 aromatic heterocycles. The van der Waals surface area contributed by atoms with Gasteiger partial charge >= 0.3 is 0 Å². The summed E-state index contributed by atoms with van der Waals surface area (Å²) in [6.07, 6.45) is 11.9. The van der Waals surface area contributed by atoms with E-state index in [1.54, 1.807) is 6.92 Å². The van der Waals surface area contributed by atoms with E-state index in [0.29, 0.717) is 25.4 Å². The first kappa shape index (κ1) is 25.1. The average Bonchev–Trinajstić information content (AvgIpc) is 3.03. The topological polar surface area (TPSA) is 53.5 Å². The van der Waals surface area contributed by atoms with Gasteiger partial charge in [-0.3, -0.25) is 19.5 Å². The van der Waals surface area contributed by atoms with E-state index in [-0.39, 0.29) is 23.8 Å². The van der Waals surface area contributed by atoms with E-state index in [0.717, 1.165) is 31.5 Å². The Morgan fingerprint density at radius 2 is 1.72 bits per heavy atom. The fourth-order valence-electron chi connectivity index (χ4n) is 6.72. The van der Waals surface area contributed by atoms with Gasteiger partial charge in [0.1, 0.15) is 6.04 Å². The molecule has 192 valence electrons. The van der Waals surface area contributed by atoms with Crippen LogP contribution in [0.2, 0.25) is 0 Å². The lowest BCUT2D eigenvalue weighted by Crippen LogP contribution is -2.58. The normalized spacial score (nSPS) is 23.0. The van der Waals surface area contributed by atoms with Crippen molar-refractivity contribution in [2.75, 3.05) is 19.6 Å². The maximum Gasteiger partial charge on any atom is 0.223 e. The summed E-state index contributed by atoms with van der Waals surface area (Å²) >= 11 is 0. The number of aryl methyl sites for hydroxylation is 4. The third-order valence-corrected chi connectivity index (χ3v) is 8.71. The van der Waals surface area contributed by atoms with Crippen LogP contribution in [0.4, 0.5) is 0 Å². The number of hydrogen-bond acceptors (Lipinski definition) is 4. The van der Waals surface area contributed by atoms with Gasteiger partial charge in [-0.25, -0.2) is 0 Å². The van der Waals surface area contributed by atoms with Crippen LogP contribution in [0.25, 0.3) is 0 Å². The lowest BCUT2D eigenvalue weighted by Gasteiger charge is -2.44. The first-order valence-electron chi connectivity index (χ1n) is 14.0. The summed E-state index contributed by atoms with van der Waals surface area (Å²) < 4.78 is 0. The Bertz CT molecular complexity index is 1070. The third-order valence-electron chi connectivity index (χ3n) is 8.71. The summed E-state index contributed by atoms with van der Waals surface area (Å²) in [6, 6.07) is 8.68. The summed E-state index contributed by atoms with van der Waals surface area (Å²) in [6.45, 7) is 7.83. The summed E-state index contributed by atoms with van der Waals surface area (Å²) in [7, 11) is 0. The van der Waals surface area contributed by atoms with Crippen LogP contribution in [-0.2, 0) is 22.4 Å². The number of pyridine rings is 1. The van der Waals surface area contributed by atoms with Crippen LogP contribution in [0.3, 0.4) is 0 Å². The SMILES string of the molecule is CC(=O)C1CN(C2c3ccc(C)cc3CCc3cc(C)cnc32)CCN1C(=O)CCC1CCCCC1. The Morgan fingerprint density at radius 3 is 2.50 bits per heavy atom. The van der Waals surface area contributed by atoms with Crippen LogP contribution >= 0.6 is 0 Å². The molecule has 0 spiro atoms. The zero-order chi connectivity index (χ0) is 25.2. The molecule has 2 heterocycles. The van der Waals surface area contributed by atoms with Gasteiger partial charge in [0.05, 0.1) is 11.7 Å². The van der Waals surface area contributed by atoms with Crippen molar-refractivity contribution in [3.63, 3.8) is 0 Å². The number of amides is 1. The van der Waals surface area contributed by atoms with Crippen LogP contribution in [0.15, 0.2) is 30.5 Å². The molecular formula is C31H41N3O2.